The van der Waals surface area contributed by atoms with Gasteiger partial charge in [-0.2, -0.15) is 0 Å². The summed E-state index contributed by atoms with van der Waals surface area (Å²) < 4.78 is 23.5. The second kappa shape index (κ2) is 5.28. The Morgan fingerprint density at radius 2 is 1.79 bits per heavy atom. The third-order valence-electron chi connectivity index (χ3n) is 1.67. The molecule has 0 fully saturated rings. The van der Waals surface area contributed by atoms with Crippen molar-refractivity contribution in [2.45, 2.75) is 9.72 Å². The van der Waals surface area contributed by atoms with Crippen molar-refractivity contribution in [1.29, 1.82) is 0 Å². The molecule has 1 aromatic rings. The van der Waals surface area contributed by atoms with Crippen molar-refractivity contribution in [3.05, 3.63) is 30.3 Å². The van der Waals surface area contributed by atoms with Gasteiger partial charge in [-0.25, -0.2) is 8.42 Å². The van der Waals surface area contributed by atoms with Gasteiger partial charge in [0, 0.05) is 10.2 Å². The minimum Gasteiger partial charge on any atom is -0.224 e. The first-order valence-corrected chi connectivity index (χ1v) is 7.73. The summed E-state index contributed by atoms with van der Waals surface area (Å²) in [6.07, 6.45) is 0. The number of hydrogen-bond acceptors (Lipinski definition) is 2. The van der Waals surface area contributed by atoms with Crippen LogP contribution in [-0.4, -0.2) is 24.3 Å². The van der Waals surface area contributed by atoms with Crippen LogP contribution >= 0.6 is 31.9 Å². The van der Waals surface area contributed by atoms with Gasteiger partial charge in [-0.3, -0.25) is 0 Å². The summed E-state index contributed by atoms with van der Waals surface area (Å²) >= 11 is 6.51. The van der Waals surface area contributed by atoms with Crippen LogP contribution in [0.2, 0.25) is 0 Å². The molecular weight excluding hydrogens is 332 g/mol. The molecule has 0 spiro atoms. The Balaban J connectivity index is 2.87. The topological polar surface area (TPSA) is 34.1 Å². The van der Waals surface area contributed by atoms with Gasteiger partial charge in [-0.1, -0.05) is 50.1 Å². The molecule has 0 N–H and O–H groups in total. The smallest absolute Gasteiger partial charge is 0.179 e. The third kappa shape index (κ3) is 3.37. The van der Waals surface area contributed by atoms with Gasteiger partial charge in [0.1, 0.15) is 0 Å². The van der Waals surface area contributed by atoms with E-state index in [0.29, 0.717) is 10.2 Å². The van der Waals surface area contributed by atoms with Crippen LogP contribution in [0.25, 0.3) is 0 Å². The molecule has 5 heteroatoms. The minimum absolute atomic E-state index is 0.0484. The molecular formula is C9H10Br2O2S. The van der Waals surface area contributed by atoms with Gasteiger partial charge >= 0.3 is 0 Å². The Labute approximate surface area is 101 Å². The maximum absolute atomic E-state index is 11.8. The molecule has 0 aliphatic carbocycles. The molecule has 0 saturated carbocycles. The van der Waals surface area contributed by atoms with E-state index in [4.69, 9.17) is 0 Å². The molecule has 0 bridgehead atoms. The van der Waals surface area contributed by atoms with Gasteiger partial charge in [0.05, 0.1) is 10.6 Å². The summed E-state index contributed by atoms with van der Waals surface area (Å²) in [4.78, 5) is 0.332. The molecule has 0 aliphatic heterocycles. The second-order valence-electron chi connectivity index (χ2n) is 2.85. The van der Waals surface area contributed by atoms with E-state index in [1.54, 1.807) is 30.3 Å². The first kappa shape index (κ1) is 12.2. The minimum atomic E-state index is -3.15. The lowest BCUT2D eigenvalue weighted by atomic mass is 10.4. The van der Waals surface area contributed by atoms with E-state index in [-0.39, 0.29) is 10.6 Å². The lowest BCUT2D eigenvalue weighted by Crippen LogP contribution is -2.17. The van der Waals surface area contributed by atoms with Crippen molar-refractivity contribution in [1.82, 2.24) is 0 Å². The highest BCUT2D eigenvalue weighted by Gasteiger charge is 2.18. The molecule has 78 valence electrons. The van der Waals surface area contributed by atoms with Gasteiger partial charge in [0.25, 0.3) is 0 Å². The highest BCUT2D eigenvalue weighted by molar-refractivity contribution is 9.12. The summed E-state index contributed by atoms with van der Waals surface area (Å²) in [6, 6.07) is 8.48. The van der Waals surface area contributed by atoms with E-state index >= 15 is 0 Å². The zero-order valence-corrected chi connectivity index (χ0v) is 11.3. The highest BCUT2D eigenvalue weighted by Crippen LogP contribution is 2.15. The van der Waals surface area contributed by atoms with E-state index in [1.165, 1.54) is 0 Å². The monoisotopic (exact) mass is 340 g/mol. The van der Waals surface area contributed by atoms with Gasteiger partial charge in [0.15, 0.2) is 9.84 Å². The fourth-order valence-electron chi connectivity index (χ4n) is 1.01. The Hall–Kier alpha value is 0.130. The lowest BCUT2D eigenvalue weighted by molar-refractivity contribution is 0.595. The molecule has 0 heterocycles. The Kier molecular flexibility index (Phi) is 4.60. The molecule has 1 atom stereocenters. The van der Waals surface area contributed by atoms with Crippen LogP contribution in [0.1, 0.15) is 0 Å². The predicted molar refractivity (Wildman–Crippen MR) is 65.0 cm³/mol. The van der Waals surface area contributed by atoms with Crippen molar-refractivity contribution in [2.24, 2.45) is 0 Å². The number of benzene rings is 1. The van der Waals surface area contributed by atoms with Gasteiger partial charge in [0.2, 0.25) is 0 Å². The van der Waals surface area contributed by atoms with Crippen molar-refractivity contribution < 1.29 is 8.42 Å². The summed E-state index contributed by atoms with van der Waals surface area (Å²) in [6.45, 7) is 0. The zero-order chi connectivity index (χ0) is 10.6. The van der Waals surface area contributed by atoms with Crippen LogP contribution in [0.4, 0.5) is 0 Å². The summed E-state index contributed by atoms with van der Waals surface area (Å²) in [5, 5.41) is 0.624. The number of rotatable bonds is 4. The molecule has 0 saturated heterocycles. The Bertz CT molecular complexity index is 375. The van der Waals surface area contributed by atoms with E-state index < -0.39 is 9.84 Å². The van der Waals surface area contributed by atoms with Crippen molar-refractivity contribution in [3.8, 4) is 0 Å². The number of halogens is 2. The average Bonchev–Trinajstić information content (AvgIpc) is 2.18. The van der Waals surface area contributed by atoms with Crippen LogP contribution in [-0.2, 0) is 9.84 Å². The maximum atomic E-state index is 11.8. The molecule has 0 radical (unpaired) electrons. The van der Waals surface area contributed by atoms with E-state index in [9.17, 15) is 8.42 Å². The largest absolute Gasteiger partial charge is 0.224 e. The van der Waals surface area contributed by atoms with E-state index in [2.05, 4.69) is 31.9 Å². The molecule has 0 amide bonds. The van der Waals surface area contributed by atoms with Crippen molar-refractivity contribution in [3.63, 3.8) is 0 Å². The molecule has 0 aliphatic rings. The molecule has 1 aromatic carbocycles. The fourth-order valence-corrected chi connectivity index (χ4v) is 3.94. The average molecular weight is 342 g/mol. The first-order chi connectivity index (χ1) is 6.56. The standard InChI is InChI=1S/C9H10Br2O2S/c10-6-8(11)7-14(12,13)9-4-2-1-3-5-9/h1-5,8H,6-7H2. The van der Waals surface area contributed by atoms with Crippen LogP contribution in [0.15, 0.2) is 35.2 Å². The Morgan fingerprint density at radius 3 is 2.29 bits per heavy atom. The first-order valence-electron chi connectivity index (χ1n) is 4.04. The fraction of sp³-hybridized carbons (Fsp3) is 0.333. The summed E-state index contributed by atoms with van der Waals surface area (Å²) in [7, 11) is -3.15. The summed E-state index contributed by atoms with van der Waals surface area (Å²) in [5.74, 6) is 0.113. The third-order valence-corrected chi connectivity index (χ3v) is 6.23. The van der Waals surface area contributed by atoms with E-state index in [0.717, 1.165) is 0 Å². The van der Waals surface area contributed by atoms with Gasteiger partial charge in [-0.15, -0.1) is 0 Å². The van der Waals surface area contributed by atoms with E-state index in [1.807, 2.05) is 0 Å². The normalized spacial score (nSPS) is 13.9. The molecule has 0 aromatic heterocycles. The van der Waals surface area contributed by atoms with Crippen LogP contribution in [0, 0.1) is 0 Å². The van der Waals surface area contributed by atoms with Crippen LogP contribution < -0.4 is 0 Å². The zero-order valence-electron chi connectivity index (χ0n) is 7.36. The van der Waals surface area contributed by atoms with Gasteiger partial charge < -0.3 is 0 Å². The summed E-state index contributed by atoms with van der Waals surface area (Å²) in [5.41, 5.74) is 0. The molecule has 14 heavy (non-hydrogen) atoms. The van der Waals surface area contributed by atoms with Crippen molar-refractivity contribution >= 4 is 41.7 Å². The second-order valence-corrected chi connectivity index (χ2v) is 6.82. The molecule has 1 unspecified atom stereocenters. The SMILES string of the molecule is O=S(=O)(CC(Br)CBr)c1ccccc1. The highest BCUT2D eigenvalue weighted by atomic mass is 79.9. The quantitative estimate of drug-likeness (QED) is 0.789. The number of alkyl halides is 2. The molecule has 2 nitrogen and oxygen atoms in total. The lowest BCUT2D eigenvalue weighted by Gasteiger charge is -2.07. The number of hydrogen-bond donors (Lipinski definition) is 0. The van der Waals surface area contributed by atoms with Crippen LogP contribution in [0.3, 0.4) is 0 Å². The number of sulfone groups is 1. The predicted octanol–water partition coefficient (Wildman–Crippen LogP) is 2.62. The van der Waals surface area contributed by atoms with Crippen molar-refractivity contribution in [2.75, 3.05) is 11.1 Å². The Morgan fingerprint density at radius 1 is 1.21 bits per heavy atom. The van der Waals surface area contributed by atoms with Crippen LogP contribution in [0.5, 0.6) is 0 Å². The molecule has 1 rings (SSSR count). The maximum Gasteiger partial charge on any atom is 0.179 e. The van der Waals surface area contributed by atoms with Gasteiger partial charge in [-0.05, 0) is 12.1 Å².